The first-order valence-electron chi connectivity index (χ1n) is 11.2. The number of hydrogen-bond donors (Lipinski definition) is 2. The lowest BCUT2D eigenvalue weighted by Crippen LogP contribution is -2.48. The average Bonchev–Trinajstić information content (AvgIpc) is 3.26. The number of fused-ring (bicyclic) bond motifs is 1. The van der Waals surface area contributed by atoms with Gasteiger partial charge in [0.1, 0.15) is 6.04 Å². The zero-order chi connectivity index (χ0) is 20.2. The number of aromatic amines is 1. The van der Waals surface area contributed by atoms with Gasteiger partial charge in [-0.05, 0) is 31.7 Å². The van der Waals surface area contributed by atoms with Crippen LogP contribution in [0.5, 0.6) is 0 Å². The maximum Gasteiger partial charge on any atom is 0.246 e. The molecule has 1 aromatic heterocycles. The molecule has 0 saturated carbocycles. The number of piperazine rings is 1. The van der Waals surface area contributed by atoms with Crippen LogP contribution in [0.1, 0.15) is 50.0 Å². The number of likely N-dealkylation sites (N-methyl/N-ethyl adjacent to an activating group) is 1. The lowest BCUT2D eigenvalue weighted by Gasteiger charge is -2.36. The van der Waals surface area contributed by atoms with Crippen LogP contribution in [0.15, 0.2) is 6.33 Å². The van der Waals surface area contributed by atoms with Crippen molar-refractivity contribution in [3.63, 3.8) is 0 Å². The highest BCUT2D eigenvalue weighted by molar-refractivity contribution is 5.83. The molecule has 2 saturated heterocycles. The highest BCUT2D eigenvalue weighted by atomic mass is 16.2. The number of likely N-dealkylation sites (tertiary alicyclic amines) is 1. The van der Waals surface area contributed by atoms with E-state index in [2.05, 4.69) is 27.1 Å². The SMILES string of the molecule is CCN1CCN(C(=O)CCC2CCN(C(=O)[C@@H]3NCCc4[nH]cnc43)CC2)CC1. The molecule has 2 fully saturated rings. The van der Waals surface area contributed by atoms with Crippen molar-refractivity contribution in [2.75, 3.05) is 52.4 Å². The highest BCUT2D eigenvalue weighted by Crippen LogP contribution is 2.26. The van der Waals surface area contributed by atoms with E-state index in [1.807, 2.05) is 9.80 Å². The molecule has 0 radical (unpaired) electrons. The van der Waals surface area contributed by atoms with E-state index in [0.717, 1.165) is 89.4 Å². The summed E-state index contributed by atoms with van der Waals surface area (Å²) in [5.74, 6) is 0.985. The summed E-state index contributed by atoms with van der Waals surface area (Å²) in [6.07, 6.45) is 6.14. The zero-order valence-electron chi connectivity index (χ0n) is 17.5. The zero-order valence-corrected chi connectivity index (χ0v) is 17.5. The van der Waals surface area contributed by atoms with Crippen LogP contribution >= 0.6 is 0 Å². The van der Waals surface area contributed by atoms with E-state index in [0.29, 0.717) is 18.2 Å². The van der Waals surface area contributed by atoms with Crippen LogP contribution in [0.2, 0.25) is 0 Å². The van der Waals surface area contributed by atoms with Gasteiger partial charge < -0.3 is 25.0 Å². The van der Waals surface area contributed by atoms with Gasteiger partial charge in [0.2, 0.25) is 11.8 Å². The van der Waals surface area contributed by atoms with Gasteiger partial charge >= 0.3 is 0 Å². The summed E-state index contributed by atoms with van der Waals surface area (Å²) < 4.78 is 0. The van der Waals surface area contributed by atoms with Crippen molar-refractivity contribution in [1.82, 2.24) is 30.0 Å². The topological polar surface area (TPSA) is 84.6 Å². The summed E-state index contributed by atoms with van der Waals surface area (Å²) in [4.78, 5) is 39.4. The number of piperidine rings is 1. The van der Waals surface area contributed by atoms with Crippen molar-refractivity contribution < 1.29 is 9.59 Å². The molecule has 2 amide bonds. The molecule has 0 aliphatic carbocycles. The van der Waals surface area contributed by atoms with E-state index in [1.165, 1.54) is 0 Å². The van der Waals surface area contributed by atoms with Crippen LogP contribution < -0.4 is 5.32 Å². The largest absolute Gasteiger partial charge is 0.348 e. The van der Waals surface area contributed by atoms with Crippen LogP contribution in [-0.2, 0) is 16.0 Å². The number of H-pyrrole nitrogens is 1. The van der Waals surface area contributed by atoms with Gasteiger partial charge in [-0.3, -0.25) is 9.59 Å². The number of nitrogens with zero attached hydrogens (tertiary/aromatic N) is 4. The van der Waals surface area contributed by atoms with Gasteiger partial charge in [-0.15, -0.1) is 0 Å². The Hall–Kier alpha value is -1.93. The molecule has 4 rings (SSSR count). The number of nitrogens with one attached hydrogen (secondary N) is 2. The van der Waals surface area contributed by atoms with Gasteiger partial charge in [-0.2, -0.15) is 0 Å². The summed E-state index contributed by atoms with van der Waals surface area (Å²) >= 11 is 0. The lowest BCUT2D eigenvalue weighted by atomic mass is 9.91. The lowest BCUT2D eigenvalue weighted by molar-refractivity contribution is -0.136. The van der Waals surface area contributed by atoms with Gasteiger partial charge in [0.15, 0.2) is 0 Å². The van der Waals surface area contributed by atoms with Crippen molar-refractivity contribution in [2.24, 2.45) is 5.92 Å². The fourth-order valence-electron chi connectivity index (χ4n) is 4.85. The Bertz CT molecular complexity index is 704. The first-order valence-corrected chi connectivity index (χ1v) is 11.2. The number of imidazole rings is 1. The van der Waals surface area contributed by atoms with E-state index in [4.69, 9.17) is 0 Å². The normalized spacial score (nSPS) is 23.8. The Balaban J connectivity index is 1.20. The summed E-state index contributed by atoms with van der Waals surface area (Å²) in [6, 6.07) is -0.315. The minimum absolute atomic E-state index is 0.140. The second kappa shape index (κ2) is 9.26. The molecule has 3 aliphatic heterocycles. The number of rotatable bonds is 5. The van der Waals surface area contributed by atoms with E-state index < -0.39 is 0 Å². The fourth-order valence-corrected chi connectivity index (χ4v) is 4.85. The third-order valence-corrected chi connectivity index (χ3v) is 6.86. The van der Waals surface area contributed by atoms with Gasteiger partial charge in [-0.25, -0.2) is 4.98 Å². The number of carbonyl (C=O) groups is 2. The van der Waals surface area contributed by atoms with Gasteiger partial charge in [0, 0.05) is 64.3 Å². The molecular weight excluding hydrogens is 368 g/mol. The van der Waals surface area contributed by atoms with Crippen LogP contribution in [0, 0.1) is 5.92 Å². The molecule has 1 atom stereocenters. The maximum atomic E-state index is 13.0. The van der Waals surface area contributed by atoms with Crippen molar-refractivity contribution in [2.45, 2.75) is 45.1 Å². The van der Waals surface area contributed by atoms with Crippen LogP contribution in [0.4, 0.5) is 0 Å². The average molecular weight is 403 g/mol. The minimum Gasteiger partial charge on any atom is -0.348 e. The molecule has 1 aromatic rings. The Labute approximate surface area is 173 Å². The summed E-state index contributed by atoms with van der Waals surface area (Å²) in [5.41, 5.74) is 1.94. The van der Waals surface area contributed by atoms with Crippen LogP contribution in [-0.4, -0.2) is 88.8 Å². The van der Waals surface area contributed by atoms with Gasteiger partial charge in [-0.1, -0.05) is 6.92 Å². The van der Waals surface area contributed by atoms with E-state index in [-0.39, 0.29) is 11.9 Å². The molecule has 0 unspecified atom stereocenters. The predicted molar refractivity (Wildman–Crippen MR) is 110 cm³/mol. The molecular formula is C21H34N6O2. The summed E-state index contributed by atoms with van der Waals surface area (Å²) in [5, 5.41) is 3.33. The highest BCUT2D eigenvalue weighted by Gasteiger charge is 2.33. The Morgan fingerprint density at radius 1 is 1.10 bits per heavy atom. The third kappa shape index (κ3) is 4.64. The molecule has 0 aromatic carbocycles. The predicted octanol–water partition coefficient (Wildman–Crippen LogP) is 0.779. The molecule has 2 N–H and O–H groups in total. The van der Waals surface area contributed by atoms with Gasteiger partial charge in [0.05, 0.1) is 12.0 Å². The fraction of sp³-hybridized carbons (Fsp3) is 0.762. The number of aromatic nitrogens is 2. The number of carbonyl (C=O) groups excluding carboxylic acids is 2. The maximum absolute atomic E-state index is 13.0. The monoisotopic (exact) mass is 402 g/mol. The molecule has 3 aliphatic rings. The van der Waals surface area contributed by atoms with Crippen LogP contribution in [0.25, 0.3) is 0 Å². The molecule has 29 heavy (non-hydrogen) atoms. The molecule has 8 nitrogen and oxygen atoms in total. The Kier molecular flexibility index (Phi) is 6.50. The van der Waals surface area contributed by atoms with E-state index in [1.54, 1.807) is 6.33 Å². The summed E-state index contributed by atoms with van der Waals surface area (Å²) in [7, 11) is 0. The molecule has 0 bridgehead atoms. The van der Waals surface area contributed by atoms with E-state index >= 15 is 0 Å². The second-order valence-corrected chi connectivity index (χ2v) is 8.53. The number of amides is 2. The molecule has 160 valence electrons. The van der Waals surface area contributed by atoms with Crippen molar-refractivity contribution in [1.29, 1.82) is 0 Å². The van der Waals surface area contributed by atoms with Crippen molar-refractivity contribution in [3.8, 4) is 0 Å². The van der Waals surface area contributed by atoms with E-state index in [9.17, 15) is 9.59 Å². The molecule has 4 heterocycles. The second-order valence-electron chi connectivity index (χ2n) is 8.53. The Morgan fingerprint density at radius 2 is 1.86 bits per heavy atom. The first-order chi connectivity index (χ1) is 14.2. The smallest absolute Gasteiger partial charge is 0.246 e. The minimum atomic E-state index is -0.315. The number of hydrogen-bond acceptors (Lipinski definition) is 5. The third-order valence-electron chi connectivity index (χ3n) is 6.86. The Morgan fingerprint density at radius 3 is 2.59 bits per heavy atom. The molecule has 8 heteroatoms. The first kappa shape index (κ1) is 20.3. The van der Waals surface area contributed by atoms with Crippen LogP contribution in [0.3, 0.4) is 0 Å². The van der Waals surface area contributed by atoms with Gasteiger partial charge in [0.25, 0.3) is 0 Å². The van der Waals surface area contributed by atoms with Crippen molar-refractivity contribution in [3.05, 3.63) is 17.7 Å². The quantitative estimate of drug-likeness (QED) is 0.760. The summed E-state index contributed by atoms with van der Waals surface area (Å²) in [6.45, 7) is 9.33. The standard InChI is InChI=1S/C21H34N6O2/c1-2-25-11-13-26(14-12-25)18(28)4-3-16-6-9-27(10-7-16)21(29)20-19-17(5-8-22-20)23-15-24-19/h15-16,20,22H,2-14H2,1H3,(H,23,24)/t20-/m1/s1. The molecule has 0 spiro atoms. The van der Waals surface area contributed by atoms with Crippen molar-refractivity contribution >= 4 is 11.8 Å².